The molecule has 1 atom stereocenters. The minimum absolute atomic E-state index is 0.113. The van der Waals surface area contributed by atoms with E-state index in [1.807, 2.05) is 24.3 Å². The molecule has 0 spiro atoms. The third-order valence-electron chi connectivity index (χ3n) is 2.94. The molecule has 3 N–H and O–H groups in total. The molecule has 5 nitrogen and oxygen atoms in total. The number of aromatic hydroxyl groups is 1. The Morgan fingerprint density at radius 3 is 2.59 bits per heavy atom. The molecule has 0 saturated heterocycles. The lowest BCUT2D eigenvalue weighted by molar-refractivity contribution is -0.121. The molecule has 2 aromatic carbocycles. The molecule has 1 amide bonds. The molecule has 0 aromatic heterocycles. The first kappa shape index (κ1) is 16.0. The number of carbonyl (C=O) groups is 1. The number of amides is 1. The van der Waals surface area contributed by atoms with Gasteiger partial charge in [-0.15, -0.1) is 0 Å². The molecule has 6 heteroatoms. The Bertz CT molecular complexity index is 671. The first-order chi connectivity index (χ1) is 10.6. The summed E-state index contributed by atoms with van der Waals surface area (Å²) in [5.41, 5.74) is 3.82. The highest BCUT2D eigenvalue weighted by Gasteiger charge is 2.11. The first-order valence-corrected chi connectivity index (χ1v) is 7.48. The lowest BCUT2D eigenvalue weighted by Crippen LogP contribution is -2.34. The molecule has 0 heterocycles. The van der Waals surface area contributed by atoms with Gasteiger partial charge in [0.05, 0.1) is 6.21 Å². The SMILES string of the molecule is C[C@H](Nc1ccc(Br)cc1)C(=O)NN=Cc1ccccc1O. The Morgan fingerprint density at radius 1 is 1.23 bits per heavy atom. The summed E-state index contributed by atoms with van der Waals surface area (Å²) < 4.78 is 0.974. The minimum atomic E-state index is -0.442. The fraction of sp³-hybridized carbons (Fsp3) is 0.125. The van der Waals surface area contributed by atoms with Gasteiger partial charge in [-0.25, -0.2) is 5.43 Å². The molecule has 0 saturated carbocycles. The molecule has 0 unspecified atom stereocenters. The number of anilines is 1. The number of phenols is 1. The number of benzene rings is 2. The molecular weight excluding hydrogens is 346 g/mol. The molecule has 0 radical (unpaired) electrons. The number of rotatable bonds is 5. The Hall–Kier alpha value is -2.34. The molecule has 0 aliphatic rings. The largest absolute Gasteiger partial charge is 0.507 e. The summed E-state index contributed by atoms with van der Waals surface area (Å²) in [5.74, 6) is -0.156. The van der Waals surface area contributed by atoms with Crippen molar-refractivity contribution in [2.45, 2.75) is 13.0 Å². The van der Waals surface area contributed by atoms with Crippen LogP contribution in [0.3, 0.4) is 0 Å². The number of hydrogen-bond acceptors (Lipinski definition) is 4. The number of para-hydroxylation sites is 1. The summed E-state index contributed by atoms with van der Waals surface area (Å²) in [4.78, 5) is 11.9. The number of hydrogen-bond donors (Lipinski definition) is 3. The molecular formula is C16H16BrN3O2. The quantitative estimate of drug-likeness (QED) is 0.565. The van der Waals surface area contributed by atoms with Gasteiger partial charge in [0, 0.05) is 15.7 Å². The van der Waals surface area contributed by atoms with Crippen LogP contribution in [0, 0.1) is 0 Å². The Kier molecular flexibility index (Phi) is 5.55. The molecule has 0 bridgehead atoms. The molecule has 0 aliphatic carbocycles. The van der Waals surface area contributed by atoms with Gasteiger partial charge in [-0.2, -0.15) is 5.10 Å². The fourth-order valence-corrected chi connectivity index (χ4v) is 1.98. The average molecular weight is 362 g/mol. The zero-order valence-electron chi connectivity index (χ0n) is 12.0. The van der Waals surface area contributed by atoms with Crippen molar-refractivity contribution in [3.63, 3.8) is 0 Å². The van der Waals surface area contributed by atoms with Crippen LogP contribution in [-0.4, -0.2) is 23.3 Å². The van der Waals surface area contributed by atoms with Crippen LogP contribution >= 0.6 is 15.9 Å². The van der Waals surface area contributed by atoms with E-state index in [0.29, 0.717) is 5.56 Å². The highest BCUT2D eigenvalue weighted by Crippen LogP contribution is 2.15. The van der Waals surface area contributed by atoms with Crippen molar-refractivity contribution in [3.05, 3.63) is 58.6 Å². The standard InChI is InChI=1S/C16H16BrN3O2/c1-11(19-14-8-6-13(17)7-9-14)16(22)20-18-10-12-4-2-3-5-15(12)21/h2-11,19,21H,1H3,(H,20,22)/t11-/m0/s1. The van der Waals surface area contributed by atoms with Crippen molar-refractivity contribution in [2.24, 2.45) is 5.10 Å². The smallest absolute Gasteiger partial charge is 0.262 e. The number of halogens is 1. The van der Waals surface area contributed by atoms with E-state index in [1.165, 1.54) is 6.21 Å². The van der Waals surface area contributed by atoms with Gasteiger partial charge in [-0.05, 0) is 43.3 Å². The van der Waals surface area contributed by atoms with Crippen LogP contribution < -0.4 is 10.7 Å². The van der Waals surface area contributed by atoms with E-state index in [1.54, 1.807) is 31.2 Å². The van der Waals surface area contributed by atoms with Gasteiger partial charge in [-0.1, -0.05) is 28.1 Å². The van der Waals surface area contributed by atoms with E-state index in [9.17, 15) is 9.90 Å². The maximum atomic E-state index is 11.9. The lowest BCUT2D eigenvalue weighted by atomic mass is 10.2. The second-order valence-corrected chi connectivity index (χ2v) is 5.58. The monoisotopic (exact) mass is 361 g/mol. The van der Waals surface area contributed by atoms with Gasteiger partial charge in [-0.3, -0.25) is 4.79 Å². The van der Waals surface area contributed by atoms with Crippen molar-refractivity contribution in [1.29, 1.82) is 0 Å². The number of nitrogens with zero attached hydrogens (tertiary/aromatic N) is 1. The molecule has 0 aliphatic heterocycles. The van der Waals surface area contributed by atoms with Crippen molar-refractivity contribution in [1.82, 2.24) is 5.43 Å². The van der Waals surface area contributed by atoms with Crippen molar-refractivity contribution >= 4 is 33.7 Å². The van der Waals surface area contributed by atoms with Gasteiger partial charge >= 0.3 is 0 Å². The number of phenolic OH excluding ortho intramolecular Hbond substituents is 1. The molecule has 114 valence electrons. The van der Waals surface area contributed by atoms with E-state index in [4.69, 9.17) is 0 Å². The van der Waals surface area contributed by atoms with Crippen molar-refractivity contribution in [3.8, 4) is 5.75 Å². The Balaban J connectivity index is 1.89. The van der Waals surface area contributed by atoms with E-state index in [2.05, 4.69) is 31.8 Å². The predicted octanol–water partition coefficient (Wildman–Crippen LogP) is 3.11. The van der Waals surface area contributed by atoms with Crippen LogP contribution in [0.1, 0.15) is 12.5 Å². The topological polar surface area (TPSA) is 73.7 Å². The van der Waals surface area contributed by atoms with Crippen molar-refractivity contribution < 1.29 is 9.90 Å². The van der Waals surface area contributed by atoms with Gasteiger partial charge in [0.15, 0.2) is 0 Å². The third kappa shape index (κ3) is 4.60. The van der Waals surface area contributed by atoms with E-state index in [-0.39, 0.29) is 11.7 Å². The number of hydrazone groups is 1. The lowest BCUT2D eigenvalue weighted by Gasteiger charge is -2.13. The van der Waals surface area contributed by atoms with Gasteiger partial charge in [0.2, 0.25) is 0 Å². The van der Waals surface area contributed by atoms with Crippen molar-refractivity contribution in [2.75, 3.05) is 5.32 Å². The van der Waals surface area contributed by atoms with Crippen LogP contribution in [0.2, 0.25) is 0 Å². The maximum Gasteiger partial charge on any atom is 0.262 e. The van der Waals surface area contributed by atoms with Crippen LogP contribution in [-0.2, 0) is 4.79 Å². The second kappa shape index (κ2) is 7.61. The number of carbonyl (C=O) groups excluding carboxylic acids is 1. The van der Waals surface area contributed by atoms with Gasteiger partial charge in [0.25, 0.3) is 5.91 Å². The summed E-state index contributed by atoms with van der Waals surface area (Å²) in [6.07, 6.45) is 1.40. The van der Waals surface area contributed by atoms with Crippen LogP contribution in [0.25, 0.3) is 0 Å². The van der Waals surface area contributed by atoms with Crippen LogP contribution in [0.4, 0.5) is 5.69 Å². The summed E-state index contributed by atoms with van der Waals surface area (Å²) in [6.45, 7) is 1.74. The molecule has 0 fully saturated rings. The fourth-order valence-electron chi connectivity index (χ4n) is 1.72. The Morgan fingerprint density at radius 2 is 1.91 bits per heavy atom. The van der Waals surface area contributed by atoms with Gasteiger partial charge in [0.1, 0.15) is 11.8 Å². The summed E-state index contributed by atoms with van der Waals surface area (Å²) in [7, 11) is 0. The predicted molar refractivity (Wildman–Crippen MR) is 91.1 cm³/mol. The average Bonchev–Trinajstić information content (AvgIpc) is 2.51. The van der Waals surface area contributed by atoms with E-state index < -0.39 is 6.04 Å². The summed E-state index contributed by atoms with van der Waals surface area (Å²) in [6, 6.07) is 13.8. The van der Waals surface area contributed by atoms with Gasteiger partial charge < -0.3 is 10.4 Å². The highest BCUT2D eigenvalue weighted by atomic mass is 79.9. The highest BCUT2D eigenvalue weighted by molar-refractivity contribution is 9.10. The number of nitrogens with one attached hydrogen (secondary N) is 2. The molecule has 2 rings (SSSR count). The molecule has 22 heavy (non-hydrogen) atoms. The normalized spacial score (nSPS) is 12.1. The summed E-state index contributed by atoms with van der Waals surface area (Å²) >= 11 is 3.36. The minimum Gasteiger partial charge on any atom is -0.507 e. The zero-order valence-corrected chi connectivity index (χ0v) is 13.5. The zero-order chi connectivity index (χ0) is 15.9. The van der Waals surface area contributed by atoms with Crippen LogP contribution in [0.5, 0.6) is 5.75 Å². The van der Waals surface area contributed by atoms with Crippen LogP contribution in [0.15, 0.2) is 58.1 Å². The first-order valence-electron chi connectivity index (χ1n) is 6.69. The summed E-state index contributed by atoms with van der Waals surface area (Å²) in [5, 5.41) is 16.5. The maximum absolute atomic E-state index is 11.9. The third-order valence-corrected chi connectivity index (χ3v) is 3.46. The van der Waals surface area contributed by atoms with E-state index >= 15 is 0 Å². The molecule has 2 aromatic rings. The second-order valence-electron chi connectivity index (χ2n) is 4.67. The Labute approximate surface area is 137 Å². The van der Waals surface area contributed by atoms with E-state index in [0.717, 1.165) is 10.2 Å².